The molecule has 30 saturated heterocycles. The van der Waals surface area contributed by atoms with Crippen molar-refractivity contribution in [1.82, 2.24) is 0 Å². The topological polar surface area (TPSA) is 906 Å². The van der Waals surface area contributed by atoms with Gasteiger partial charge >= 0.3 is 0 Å². The van der Waals surface area contributed by atoms with E-state index >= 15 is 0 Å². The third kappa shape index (κ3) is 36.6. The van der Waals surface area contributed by atoms with Crippen LogP contribution in [0.1, 0.15) is 0 Å². The van der Waals surface area contributed by atoms with Crippen molar-refractivity contribution in [1.29, 1.82) is 0 Å². The molecule has 0 aromatic rings. The van der Waals surface area contributed by atoms with E-state index in [-0.39, 0.29) is 0 Å². The number of rotatable bonds is 40. The van der Waals surface area contributed by atoms with E-state index in [1.807, 2.05) is 0 Å². The van der Waals surface area contributed by atoms with Gasteiger partial charge in [-0.15, -0.1) is 0 Å². The number of aliphatic hydroxyl groups excluding tert-OH is 16. The van der Waals surface area contributed by atoms with E-state index in [2.05, 4.69) is 0 Å². The quantitative estimate of drug-likeness (QED) is 0.0200. The maximum absolute atomic E-state index is 12.3. The molecule has 72 heteroatoms. The fourth-order valence-electron chi connectivity index (χ4n) is 14.7. The summed E-state index contributed by atoms with van der Waals surface area (Å²) in [5.74, 6) is -16.6. The molecule has 0 aromatic heterocycles. The highest BCUT2D eigenvalue weighted by molar-refractivity contribution is 8.02. The van der Waals surface area contributed by atoms with Crippen molar-refractivity contribution in [2.45, 2.75) is 246 Å². The lowest BCUT2D eigenvalue weighted by Gasteiger charge is -2.51. The monoisotopic (exact) mass is 2290 g/mol. The summed E-state index contributed by atoms with van der Waals surface area (Å²) in [6, 6.07) is 0. The van der Waals surface area contributed by atoms with E-state index < -0.39 is 465 Å². The molecule has 0 radical (unpaired) electrons. The summed E-state index contributed by atoms with van der Waals surface area (Å²) in [6.07, 6.45) is -90.0. The molecular weight excluding hydrogens is 2180 g/mol. The van der Waals surface area contributed by atoms with Crippen LogP contribution in [-0.4, -0.2) is 569 Å². The fourth-order valence-corrected chi connectivity index (χ4v) is 30.6. The van der Waals surface area contributed by atoms with E-state index in [9.17, 15) is 185 Å². The van der Waals surface area contributed by atoms with E-state index in [0.717, 1.165) is 0 Å². The summed E-state index contributed by atoms with van der Waals surface area (Å²) in [7, 11) is -38.0. The summed E-state index contributed by atoms with van der Waals surface area (Å²) < 4.78 is 368. The maximum atomic E-state index is 12.3. The smallest absolute Gasteiger partial charge is 0.265 e. The van der Waals surface area contributed by atoms with Crippen molar-refractivity contribution in [2.24, 2.45) is 0 Å². The lowest BCUT2D eigenvalue weighted by molar-refractivity contribution is -0.396. The minimum absolute atomic E-state index is 0.504. The third-order valence-electron chi connectivity index (χ3n) is 21.6. The van der Waals surface area contributed by atoms with Crippen LogP contribution >= 0.6 is 94.1 Å². The summed E-state index contributed by atoms with van der Waals surface area (Å²) >= 11 is 5.05. The Morgan fingerprint density at radius 1 is 0.147 bits per heavy atom. The van der Waals surface area contributed by atoms with Gasteiger partial charge in [-0.3, -0.25) is 36.4 Å². The molecule has 0 spiro atoms. The van der Waals surface area contributed by atoms with Crippen LogP contribution in [-0.2, 0) is 157 Å². The summed E-state index contributed by atoms with van der Waals surface area (Å²) in [5, 5.41) is 195. The SMILES string of the molecule is O=S(=O)(O)CCSC[C@@H]1O[C@H]2O[C@@H]3[C@@H](O)[C@H](O)[C@H](O[C@@H]4[C@@H](O)[C@H](O)[C@H](O[C@@H]5[C@@H](O)[C@H](O)[C@H](O[C@@H]6[C@@H](O)[C@@H](O)[C@H](O[C@@H]7[C@@H](O)[C@H](O)[C@H](O[C@@H]8[C@@H](O)[C@H](O)[C@H](O[C@@H]9[C@@H](O)[C@H](O)[C@H](O[C@@H]1[C@@H](O)[C@@H]2O)O[C@H]9CSCCS(=O)(=O)O)O[C@H]8CSCCS(=O)(=O)O)O[C@H]7CSCCS(=O)(=O)O)O[C@H]6CSCCS(=O)(=O)O)O[C@H]5CSCCS(=O)(=O)O)O[C@H]4CSCCS(=O)(=O)O)O[C@H]3CSCCS(=O)(=O)O. The molecule has 16 bridgehead atoms. The van der Waals surface area contributed by atoms with Gasteiger partial charge in [0.05, 0.1) is 94.9 Å². The first-order valence-corrected chi connectivity index (χ1v) is 62.8. The second-order valence-electron chi connectivity index (χ2n) is 31.9. The van der Waals surface area contributed by atoms with Gasteiger partial charge < -0.3 is 157 Å². The van der Waals surface area contributed by atoms with Crippen LogP contribution in [0, 0.1) is 0 Å². The standard InChI is InChI=1S/C64H112O56S16/c65-33-41(73)57-105-25(17-121-1-9-129(81,82)83)49(33)113-58-42(74)34(66)51(27(106-58)19-123-3-11-131(87,88)89)115-60-44(76)36(68)53(29(108-60)21-125-5-13-133(93,94)95)117-62-46(78)38(70)55(31(110-62)23-127-7-15-135(99,100)101)119-64-48(80)40(72)56(32(112-64)24-128-8-16-136(102,103)104)120-63-47(79)39(71)54(30(111-63)22-126-6-14-134(96,97)98)118-61-45(77)37(69)52(28(109-61)20-124-4-12-132(90,91)92)116-59-43(75)35(67)50(114-57)26(107-59)18-122-2-10-130(84,85)86/h25-80H,1-24H2,(H,81,82,83)(H,84,85,86)(H,87,88,89)(H,90,91,92)(H,93,94,95)(H,96,97,98)(H,99,100,101)(H,102,103,104)/t25-,26-,27-,28-,29-,30-,31-,32-,33-,34-,35-,36-,37-,38-,39-,40-,41-,42-,43-,44-,45-,46-,47-,48+,49-,50-,51-,52-,53-,54-,55-,56-,57-,58-,59-,60-,61-,62-,63-,64-/m0/s1. The molecule has 30 heterocycles. The zero-order chi connectivity index (χ0) is 101. The van der Waals surface area contributed by atoms with Crippen molar-refractivity contribution in [3.05, 3.63) is 0 Å². The van der Waals surface area contributed by atoms with Crippen LogP contribution in [0.2, 0.25) is 0 Å². The van der Waals surface area contributed by atoms with Crippen LogP contribution in [0.25, 0.3) is 0 Å². The van der Waals surface area contributed by atoms with Crippen LogP contribution in [0.4, 0.5) is 0 Å². The molecule has 30 aliphatic heterocycles. The average molecular weight is 2290 g/mol. The minimum atomic E-state index is -4.75. The molecule has 24 N–H and O–H groups in total. The zero-order valence-corrected chi connectivity index (χ0v) is 83.5. The highest BCUT2D eigenvalue weighted by Crippen LogP contribution is 2.43. The van der Waals surface area contributed by atoms with Gasteiger partial charge in [-0.1, -0.05) is 0 Å². The van der Waals surface area contributed by atoms with Crippen LogP contribution in [0.15, 0.2) is 0 Å². The molecule has 0 saturated carbocycles. The molecule has 40 atom stereocenters. The van der Waals surface area contributed by atoms with Gasteiger partial charge in [0.2, 0.25) is 0 Å². The van der Waals surface area contributed by atoms with Gasteiger partial charge in [-0.2, -0.15) is 161 Å². The molecule has 30 fully saturated rings. The number of hydrogen-bond donors (Lipinski definition) is 24. The van der Waals surface area contributed by atoms with Gasteiger partial charge in [-0.05, 0) is 0 Å². The predicted octanol–water partition coefficient (Wildman–Crippen LogP) is -12.4. The van der Waals surface area contributed by atoms with E-state index in [1.54, 1.807) is 0 Å². The first-order valence-electron chi connectivity index (χ1n) is 40.7. The average Bonchev–Trinajstić information content (AvgIpc) is 0.768. The van der Waals surface area contributed by atoms with Crippen molar-refractivity contribution < 1.29 is 261 Å². The maximum Gasteiger partial charge on any atom is 0.265 e. The lowest BCUT2D eigenvalue weighted by atomic mass is 9.95. The Morgan fingerprint density at radius 3 is 0.316 bits per heavy atom. The van der Waals surface area contributed by atoms with Gasteiger partial charge in [0.1, 0.15) is 146 Å². The predicted molar refractivity (Wildman–Crippen MR) is 474 cm³/mol. The zero-order valence-electron chi connectivity index (χ0n) is 70.4. The Hall–Kier alpha value is 0.800. The highest BCUT2D eigenvalue weighted by Gasteiger charge is 2.61. The normalized spacial score (nSPS) is 41.0. The Kier molecular flexibility index (Phi) is 46.4. The first kappa shape index (κ1) is 120. The molecule has 800 valence electrons. The van der Waals surface area contributed by atoms with Gasteiger partial charge in [0.25, 0.3) is 80.9 Å². The number of ether oxygens (including phenoxy) is 16. The molecular formula is C64H112O56S16. The summed E-state index contributed by atoms with van der Waals surface area (Å²) in [4.78, 5) is 0. The Balaban J connectivity index is 1.15. The van der Waals surface area contributed by atoms with E-state index in [4.69, 9.17) is 75.8 Å². The summed E-state index contributed by atoms with van der Waals surface area (Å²) in [5.41, 5.74) is 0. The van der Waals surface area contributed by atoms with Crippen LogP contribution < -0.4 is 0 Å². The largest absolute Gasteiger partial charge is 0.387 e. The van der Waals surface area contributed by atoms with Gasteiger partial charge in [-0.25, -0.2) is 0 Å². The minimum Gasteiger partial charge on any atom is -0.387 e. The van der Waals surface area contributed by atoms with Crippen molar-refractivity contribution >= 4 is 175 Å². The second kappa shape index (κ2) is 52.5. The van der Waals surface area contributed by atoms with Crippen LogP contribution in [0.5, 0.6) is 0 Å². The third-order valence-corrected chi connectivity index (χ3v) is 37.9. The van der Waals surface area contributed by atoms with E-state index in [1.165, 1.54) is 0 Å². The number of hydrogen-bond acceptors (Lipinski definition) is 56. The number of thioether (sulfide) groups is 8. The summed E-state index contributed by atoms with van der Waals surface area (Å²) in [6.45, 7) is 0. The fraction of sp³-hybridized carbons (Fsp3) is 1.00. The highest BCUT2D eigenvalue weighted by atomic mass is 32.3. The van der Waals surface area contributed by atoms with Crippen LogP contribution in [0.3, 0.4) is 0 Å². The Morgan fingerprint density at radius 2 is 0.235 bits per heavy atom. The van der Waals surface area contributed by atoms with Crippen molar-refractivity contribution in [3.8, 4) is 0 Å². The van der Waals surface area contributed by atoms with E-state index in [0.29, 0.717) is 94.1 Å². The molecule has 0 aliphatic carbocycles. The molecule has 136 heavy (non-hydrogen) atoms. The second-order valence-corrected chi connectivity index (χ2v) is 53.7. The Bertz CT molecular complexity index is 3820. The molecule has 56 nitrogen and oxygen atoms in total. The lowest BCUT2D eigenvalue weighted by Crippen LogP contribution is -2.69. The van der Waals surface area contributed by atoms with Gasteiger partial charge in [0, 0.05) is 92.0 Å². The molecule has 30 rings (SSSR count). The molecule has 0 aromatic carbocycles. The first-order chi connectivity index (χ1) is 63.1. The molecule has 0 amide bonds. The van der Waals surface area contributed by atoms with Crippen molar-refractivity contribution in [2.75, 3.05) is 138 Å². The number of aliphatic hydroxyl groups is 16. The molecule has 30 aliphatic rings. The van der Waals surface area contributed by atoms with Gasteiger partial charge in [0.15, 0.2) is 50.3 Å². The van der Waals surface area contributed by atoms with Crippen molar-refractivity contribution in [3.63, 3.8) is 0 Å². The molecule has 0 unspecified atom stereocenters. The Labute approximate surface area is 813 Å².